The Hall–Kier alpha value is -1.35. The lowest BCUT2D eigenvalue weighted by Crippen LogP contribution is -2.02. The van der Waals surface area contributed by atoms with Crippen molar-refractivity contribution >= 4 is 11.6 Å². The molecule has 0 atom stereocenters. The Morgan fingerprint density at radius 3 is 2.40 bits per heavy atom. The first-order valence-electron chi connectivity index (χ1n) is 4.74. The molecular weight excluding hydrogens is 210 g/mol. The minimum atomic E-state index is 0.498. The van der Waals surface area contributed by atoms with Crippen LogP contribution in [0, 0.1) is 20.8 Å². The van der Waals surface area contributed by atoms with Crippen molar-refractivity contribution in [1.29, 1.82) is 0 Å². The predicted octanol–water partition coefficient (Wildman–Crippen LogP) is 2.85. The highest BCUT2D eigenvalue weighted by molar-refractivity contribution is 6.29. The van der Waals surface area contributed by atoms with Crippen LogP contribution in [0.25, 0.3) is 5.82 Å². The zero-order valence-corrected chi connectivity index (χ0v) is 9.71. The first-order valence-corrected chi connectivity index (χ1v) is 5.12. The zero-order valence-electron chi connectivity index (χ0n) is 8.95. The van der Waals surface area contributed by atoms with E-state index in [2.05, 4.69) is 10.1 Å². The van der Waals surface area contributed by atoms with Crippen molar-refractivity contribution in [2.24, 2.45) is 0 Å². The van der Waals surface area contributed by atoms with Crippen LogP contribution in [0.4, 0.5) is 0 Å². The van der Waals surface area contributed by atoms with Gasteiger partial charge in [-0.1, -0.05) is 11.6 Å². The Bertz CT molecular complexity index is 482. The minimum Gasteiger partial charge on any atom is -0.219 e. The molecule has 0 saturated heterocycles. The molecule has 0 radical (unpaired) electrons. The fourth-order valence-electron chi connectivity index (χ4n) is 1.58. The molecule has 0 N–H and O–H groups in total. The van der Waals surface area contributed by atoms with Crippen LogP contribution in [-0.2, 0) is 0 Å². The zero-order chi connectivity index (χ0) is 11.0. The van der Waals surface area contributed by atoms with Gasteiger partial charge in [0.1, 0.15) is 5.15 Å². The number of nitrogens with zero attached hydrogens (tertiary/aromatic N) is 3. The molecule has 0 fully saturated rings. The second-order valence-electron chi connectivity index (χ2n) is 3.66. The molecule has 78 valence electrons. The van der Waals surface area contributed by atoms with Crippen molar-refractivity contribution in [1.82, 2.24) is 14.8 Å². The van der Waals surface area contributed by atoms with Crippen molar-refractivity contribution in [3.05, 3.63) is 40.3 Å². The fourth-order valence-corrected chi connectivity index (χ4v) is 1.84. The van der Waals surface area contributed by atoms with Gasteiger partial charge in [-0.3, -0.25) is 0 Å². The van der Waals surface area contributed by atoms with E-state index in [9.17, 15) is 0 Å². The highest BCUT2D eigenvalue weighted by atomic mass is 35.5. The Labute approximate surface area is 93.7 Å². The molecule has 0 aromatic carbocycles. The molecule has 0 aliphatic heterocycles. The number of hydrogen-bond donors (Lipinski definition) is 0. The third-order valence-corrected chi connectivity index (χ3v) is 2.35. The van der Waals surface area contributed by atoms with E-state index < -0.39 is 0 Å². The molecule has 0 bridgehead atoms. The van der Waals surface area contributed by atoms with E-state index in [0.29, 0.717) is 5.15 Å². The lowest BCUT2D eigenvalue weighted by molar-refractivity contribution is 0.805. The van der Waals surface area contributed by atoms with Crippen LogP contribution in [0.2, 0.25) is 5.15 Å². The molecular formula is C11H12ClN3. The van der Waals surface area contributed by atoms with Gasteiger partial charge in [-0.05, 0) is 44.5 Å². The summed E-state index contributed by atoms with van der Waals surface area (Å²) in [6.45, 7) is 5.95. The first kappa shape index (κ1) is 10.2. The number of rotatable bonds is 1. The molecule has 4 heteroatoms. The average Bonchev–Trinajstić information content (AvgIpc) is 2.43. The average molecular weight is 222 g/mol. The Balaban J connectivity index is 2.58. The van der Waals surface area contributed by atoms with Crippen LogP contribution in [0.3, 0.4) is 0 Å². The summed E-state index contributed by atoms with van der Waals surface area (Å²) in [7, 11) is 0. The second kappa shape index (κ2) is 3.66. The van der Waals surface area contributed by atoms with Crippen LogP contribution < -0.4 is 0 Å². The molecule has 0 unspecified atom stereocenters. The van der Waals surface area contributed by atoms with Crippen LogP contribution in [-0.4, -0.2) is 14.8 Å². The van der Waals surface area contributed by atoms with E-state index >= 15 is 0 Å². The van der Waals surface area contributed by atoms with Gasteiger partial charge in [-0.25, -0.2) is 9.67 Å². The van der Waals surface area contributed by atoms with E-state index in [4.69, 9.17) is 11.6 Å². The SMILES string of the molecule is Cc1cc(Cl)nc(-n2nc(C)cc2C)c1. The van der Waals surface area contributed by atoms with Crippen molar-refractivity contribution in [2.45, 2.75) is 20.8 Å². The van der Waals surface area contributed by atoms with Crippen LogP contribution >= 0.6 is 11.6 Å². The summed E-state index contributed by atoms with van der Waals surface area (Å²) in [5.41, 5.74) is 3.12. The molecule has 0 aliphatic carbocycles. The van der Waals surface area contributed by atoms with Crippen molar-refractivity contribution in [2.75, 3.05) is 0 Å². The number of hydrogen-bond acceptors (Lipinski definition) is 2. The van der Waals surface area contributed by atoms with Crippen LogP contribution in [0.1, 0.15) is 17.0 Å². The van der Waals surface area contributed by atoms with E-state index in [1.54, 1.807) is 4.68 Å². The van der Waals surface area contributed by atoms with E-state index in [1.165, 1.54) is 0 Å². The smallest absolute Gasteiger partial charge is 0.155 e. The molecule has 3 nitrogen and oxygen atoms in total. The van der Waals surface area contributed by atoms with Crippen molar-refractivity contribution in [3.8, 4) is 5.82 Å². The summed E-state index contributed by atoms with van der Waals surface area (Å²) < 4.78 is 1.80. The van der Waals surface area contributed by atoms with Gasteiger partial charge >= 0.3 is 0 Å². The molecule has 0 aliphatic rings. The minimum absolute atomic E-state index is 0.498. The number of pyridine rings is 1. The first-order chi connectivity index (χ1) is 7.06. The van der Waals surface area contributed by atoms with Gasteiger partial charge < -0.3 is 0 Å². The van der Waals surface area contributed by atoms with E-state index in [-0.39, 0.29) is 0 Å². The molecule has 2 heterocycles. The molecule has 0 saturated carbocycles. The van der Waals surface area contributed by atoms with Gasteiger partial charge in [0.25, 0.3) is 0 Å². The van der Waals surface area contributed by atoms with Gasteiger partial charge in [0.05, 0.1) is 5.69 Å². The Morgan fingerprint density at radius 2 is 1.87 bits per heavy atom. The summed E-state index contributed by atoms with van der Waals surface area (Å²) in [5, 5.41) is 4.86. The quantitative estimate of drug-likeness (QED) is 0.694. The number of halogens is 1. The maximum atomic E-state index is 5.91. The Kier molecular flexibility index (Phi) is 2.49. The number of aryl methyl sites for hydroxylation is 3. The predicted molar refractivity (Wildman–Crippen MR) is 60.6 cm³/mol. The van der Waals surface area contributed by atoms with Gasteiger partial charge in [-0.2, -0.15) is 5.10 Å². The third kappa shape index (κ3) is 2.02. The normalized spacial score (nSPS) is 10.7. The monoisotopic (exact) mass is 221 g/mol. The van der Waals surface area contributed by atoms with E-state index in [1.807, 2.05) is 39.0 Å². The molecule has 15 heavy (non-hydrogen) atoms. The molecule has 0 amide bonds. The third-order valence-electron chi connectivity index (χ3n) is 2.15. The van der Waals surface area contributed by atoms with Gasteiger partial charge in [0, 0.05) is 5.69 Å². The summed E-state index contributed by atoms with van der Waals surface area (Å²) in [5.74, 6) is 0.769. The Morgan fingerprint density at radius 1 is 1.13 bits per heavy atom. The lowest BCUT2D eigenvalue weighted by Gasteiger charge is -2.04. The fraction of sp³-hybridized carbons (Fsp3) is 0.273. The van der Waals surface area contributed by atoms with Crippen molar-refractivity contribution < 1.29 is 0 Å². The van der Waals surface area contributed by atoms with E-state index in [0.717, 1.165) is 22.8 Å². The molecule has 2 aromatic rings. The van der Waals surface area contributed by atoms with Crippen molar-refractivity contribution in [3.63, 3.8) is 0 Å². The summed E-state index contributed by atoms with van der Waals surface area (Å²) >= 11 is 5.91. The summed E-state index contributed by atoms with van der Waals surface area (Å²) in [6.07, 6.45) is 0. The second-order valence-corrected chi connectivity index (χ2v) is 4.05. The standard InChI is InChI=1S/C11H12ClN3/c1-7-4-10(12)13-11(5-7)15-9(3)6-8(2)14-15/h4-6H,1-3H3. The highest BCUT2D eigenvalue weighted by Crippen LogP contribution is 2.15. The topological polar surface area (TPSA) is 30.7 Å². The largest absolute Gasteiger partial charge is 0.219 e. The summed E-state index contributed by atoms with van der Waals surface area (Å²) in [6, 6.07) is 5.81. The number of aromatic nitrogens is 3. The van der Waals surface area contributed by atoms with Crippen LogP contribution in [0.5, 0.6) is 0 Å². The van der Waals surface area contributed by atoms with Crippen LogP contribution in [0.15, 0.2) is 18.2 Å². The molecule has 2 rings (SSSR count). The summed E-state index contributed by atoms with van der Waals surface area (Å²) in [4.78, 5) is 4.24. The van der Waals surface area contributed by atoms with Gasteiger partial charge in [-0.15, -0.1) is 0 Å². The molecule has 0 spiro atoms. The lowest BCUT2D eigenvalue weighted by atomic mass is 10.3. The van der Waals surface area contributed by atoms with Gasteiger partial charge in [0.2, 0.25) is 0 Å². The van der Waals surface area contributed by atoms with Gasteiger partial charge in [0.15, 0.2) is 5.82 Å². The highest BCUT2D eigenvalue weighted by Gasteiger charge is 2.06. The maximum absolute atomic E-state index is 5.91. The molecule has 2 aromatic heterocycles. The maximum Gasteiger partial charge on any atom is 0.155 e.